The van der Waals surface area contributed by atoms with Gasteiger partial charge in [-0.2, -0.15) is 0 Å². The maximum Gasteiger partial charge on any atom is 0.163 e. The Balaban J connectivity index is 1.05. The monoisotopic (exact) mass is 691 g/mol. The topological polar surface area (TPSA) is 63.0 Å². The summed E-state index contributed by atoms with van der Waals surface area (Å²) in [5, 5.41) is 10.6. The minimum Gasteiger partial charge on any atom is -0.456 e. The smallest absolute Gasteiger partial charge is 0.163 e. The summed E-state index contributed by atoms with van der Waals surface area (Å²) < 4.78 is 12.9. The first-order valence-electron chi connectivity index (χ1n) is 18.3. The molecular formula is C49H29N3O2. The van der Waals surface area contributed by atoms with Gasteiger partial charge in [-0.15, -0.1) is 0 Å². The molecule has 1 N–H and O–H groups in total. The molecule has 54 heavy (non-hydrogen) atoms. The van der Waals surface area contributed by atoms with Crippen LogP contribution in [0.2, 0.25) is 0 Å². The lowest BCUT2D eigenvalue weighted by Crippen LogP contribution is -2.33. The zero-order valence-electron chi connectivity index (χ0n) is 28.9. The van der Waals surface area contributed by atoms with Gasteiger partial charge in [0.15, 0.2) is 5.84 Å². The highest BCUT2D eigenvalue weighted by molar-refractivity contribution is 6.28. The van der Waals surface area contributed by atoms with Crippen LogP contribution >= 0.6 is 0 Å². The number of amidine groups is 2. The molecule has 12 rings (SSSR count). The predicted molar refractivity (Wildman–Crippen MR) is 220 cm³/mol. The third-order valence-corrected chi connectivity index (χ3v) is 11.1. The van der Waals surface area contributed by atoms with Gasteiger partial charge in [0.25, 0.3) is 0 Å². The summed E-state index contributed by atoms with van der Waals surface area (Å²) in [7, 11) is 0. The Hall–Kier alpha value is -7.24. The first-order valence-corrected chi connectivity index (χ1v) is 18.3. The minimum atomic E-state index is -0.387. The van der Waals surface area contributed by atoms with Crippen molar-refractivity contribution in [3.05, 3.63) is 180 Å². The molecule has 0 amide bonds. The fraction of sp³-hybridized carbons (Fsp3) is 0.0204. The van der Waals surface area contributed by atoms with E-state index >= 15 is 0 Å². The van der Waals surface area contributed by atoms with Crippen LogP contribution in [0.4, 0.5) is 0 Å². The van der Waals surface area contributed by atoms with Gasteiger partial charge in [-0.25, -0.2) is 9.98 Å². The molecule has 0 radical (unpaired) electrons. The molecule has 5 nitrogen and oxygen atoms in total. The second-order valence-electron chi connectivity index (χ2n) is 14.1. The maximum atomic E-state index is 6.51. The molecule has 0 saturated carbocycles. The molecule has 5 heteroatoms. The fourth-order valence-electron chi connectivity index (χ4n) is 8.61. The summed E-state index contributed by atoms with van der Waals surface area (Å²) in [6.07, 6.45) is -0.387. The number of rotatable bonds is 4. The van der Waals surface area contributed by atoms with Crippen molar-refractivity contribution in [3.63, 3.8) is 0 Å². The number of fused-ring (bicyclic) bond motifs is 10. The van der Waals surface area contributed by atoms with E-state index in [-0.39, 0.29) is 6.17 Å². The van der Waals surface area contributed by atoms with E-state index in [0.717, 1.165) is 77.5 Å². The number of furan rings is 2. The van der Waals surface area contributed by atoms with Crippen molar-refractivity contribution in [2.24, 2.45) is 9.98 Å². The maximum absolute atomic E-state index is 6.51. The highest BCUT2D eigenvalue weighted by Crippen LogP contribution is 2.52. The van der Waals surface area contributed by atoms with Gasteiger partial charge in [-0.05, 0) is 80.6 Å². The third kappa shape index (κ3) is 4.27. The predicted octanol–water partition coefficient (Wildman–Crippen LogP) is 12.4. The summed E-state index contributed by atoms with van der Waals surface area (Å²) >= 11 is 0. The van der Waals surface area contributed by atoms with Gasteiger partial charge in [0, 0.05) is 32.7 Å². The number of nitrogens with one attached hydrogen (secondary N) is 1. The largest absolute Gasteiger partial charge is 0.456 e. The summed E-state index contributed by atoms with van der Waals surface area (Å²) in [6, 6.07) is 57.3. The highest BCUT2D eigenvalue weighted by atomic mass is 16.3. The van der Waals surface area contributed by atoms with Crippen LogP contribution in [0.5, 0.6) is 0 Å². The van der Waals surface area contributed by atoms with Crippen LogP contribution in [0, 0.1) is 0 Å². The Bertz CT molecular complexity index is 3260. The molecule has 8 aromatic carbocycles. The molecule has 0 bridgehead atoms. The Labute approximate surface area is 309 Å². The van der Waals surface area contributed by atoms with E-state index < -0.39 is 0 Å². The number of hydrogen-bond acceptors (Lipinski definition) is 5. The Morgan fingerprint density at radius 2 is 1.20 bits per heavy atom. The van der Waals surface area contributed by atoms with Gasteiger partial charge in [0.1, 0.15) is 34.3 Å². The first kappa shape index (κ1) is 29.3. The molecule has 10 aromatic rings. The lowest BCUT2D eigenvalue weighted by Gasteiger charge is -2.24. The highest BCUT2D eigenvalue weighted by Gasteiger charge is 2.29. The normalized spacial score (nSPS) is 14.9. The van der Waals surface area contributed by atoms with E-state index in [0.29, 0.717) is 5.84 Å². The quantitative estimate of drug-likeness (QED) is 0.200. The average Bonchev–Trinajstić information content (AvgIpc) is 3.91. The van der Waals surface area contributed by atoms with Crippen molar-refractivity contribution >= 4 is 66.3 Å². The molecule has 0 saturated heterocycles. The number of aliphatic imine (C=N–C) groups is 2. The van der Waals surface area contributed by atoms with Crippen molar-refractivity contribution in [3.8, 4) is 33.4 Å². The lowest BCUT2D eigenvalue weighted by molar-refractivity contribution is 0.663. The standard InChI is InChI=1S/C49H29N3O2/c1-2-11-28(12-3-1)29-13-8-15-31(25-29)47-50-48(52-49(51-47)38-20-10-19-36-33-16-4-6-21-40(33)54-46(36)38)32-23-24-35-39(26-32)34-18-9-14-30-27-42-44(45(35)43(30)34)37-17-5-7-22-41(37)53-42/h1-27,47H,(H,50,51,52). The molecule has 0 fully saturated rings. The van der Waals surface area contributed by atoms with Crippen LogP contribution in [0.15, 0.2) is 183 Å². The van der Waals surface area contributed by atoms with Crippen LogP contribution in [-0.2, 0) is 0 Å². The van der Waals surface area contributed by atoms with E-state index in [1.165, 1.54) is 33.0 Å². The molecule has 3 heterocycles. The van der Waals surface area contributed by atoms with Crippen LogP contribution in [-0.4, -0.2) is 11.7 Å². The summed E-state index contributed by atoms with van der Waals surface area (Å²) in [4.78, 5) is 10.6. The first-order chi connectivity index (χ1) is 26.7. The van der Waals surface area contributed by atoms with Crippen molar-refractivity contribution < 1.29 is 8.83 Å². The van der Waals surface area contributed by atoms with E-state index in [1.807, 2.05) is 30.3 Å². The van der Waals surface area contributed by atoms with Crippen LogP contribution in [0.25, 0.3) is 88.0 Å². The molecule has 2 aliphatic rings. The molecule has 1 aliphatic heterocycles. The molecule has 1 aliphatic carbocycles. The van der Waals surface area contributed by atoms with Gasteiger partial charge in [0.2, 0.25) is 0 Å². The molecular weight excluding hydrogens is 663 g/mol. The minimum absolute atomic E-state index is 0.387. The third-order valence-electron chi connectivity index (χ3n) is 11.1. The molecule has 2 aromatic heterocycles. The second kappa shape index (κ2) is 11.1. The van der Waals surface area contributed by atoms with E-state index in [2.05, 4.69) is 139 Å². The van der Waals surface area contributed by atoms with Crippen LogP contribution in [0.1, 0.15) is 22.9 Å². The van der Waals surface area contributed by atoms with Gasteiger partial charge in [-0.1, -0.05) is 127 Å². The number of nitrogens with zero attached hydrogens (tertiary/aromatic N) is 2. The Kier molecular flexibility index (Phi) is 6.05. The van der Waals surface area contributed by atoms with Gasteiger partial charge < -0.3 is 14.2 Å². The fourth-order valence-corrected chi connectivity index (χ4v) is 8.61. The van der Waals surface area contributed by atoms with E-state index in [9.17, 15) is 0 Å². The number of benzene rings is 8. The Morgan fingerprint density at radius 1 is 0.463 bits per heavy atom. The molecule has 1 atom stereocenters. The Morgan fingerprint density at radius 3 is 2.11 bits per heavy atom. The molecule has 1 unspecified atom stereocenters. The van der Waals surface area contributed by atoms with Crippen molar-refractivity contribution in [2.75, 3.05) is 0 Å². The van der Waals surface area contributed by atoms with Crippen LogP contribution < -0.4 is 5.32 Å². The summed E-state index contributed by atoms with van der Waals surface area (Å²) in [6.45, 7) is 0. The van der Waals surface area contributed by atoms with Crippen molar-refractivity contribution in [1.29, 1.82) is 0 Å². The molecule has 0 spiro atoms. The number of para-hydroxylation sites is 3. The average molecular weight is 692 g/mol. The summed E-state index contributed by atoms with van der Waals surface area (Å²) in [5.41, 5.74) is 13.5. The zero-order chi connectivity index (χ0) is 35.3. The van der Waals surface area contributed by atoms with E-state index in [1.54, 1.807) is 0 Å². The summed E-state index contributed by atoms with van der Waals surface area (Å²) in [5.74, 6) is 1.38. The van der Waals surface area contributed by atoms with Gasteiger partial charge in [-0.3, -0.25) is 0 Å². The molecule has 252 valence electrons. The van der Waals surface area contributed by atoms with Crippen molar-refractivity contribution in [1.82, 2.24) is 5.32 Å². The zero-order valence-corrected chi connectivity index (χ0v) is 28.9. The SMILES string of the molecule is c1ccc(-c2cccc(C3N=C(c4cccc5c4oc4ccccc45)N=C(c4ccc5c(c4)-c4cccc6cc7oc8ccccc8c7c-5c46)N3)c2)cc1. The lowest BCUT2D eigenvalue weighted by atomic mass is 9.97. The van der Waals surface area contributed by atoms with Gasteiger partial charge in [0.05, 0.1) is 5.56 Å². The van der Waals surface area contributed by atoms with Crippen molar-refractivity contribution in [2.45, 2.75) is 6.17 Å². The second-order valence-corrected chi connectivity index (χ2v) is 14.1. The van der Waals surface area contributed by atoms with E-state index in [4.69, 9.17) is 18.8 Å². The van der Waals surface area contributed by atoms with Gasteiger partial charge >= 0.3 is 0 Å². The number of hydrogen-bond donors (Lipinski definition) is 1. The van der Waals surface area contributed by atoms with Crippen LogP contribution in [0.3, 0.4) is 0 Å².